The predicted molar refractivity (Wildman–Crippen MR) is 125 cm³/mol. The highest BCUT2D eigenvalue weighted by Crippen LogP contribution is 2.37. The maximum absolute atomic E-state index is 14.7. The maximum atomic E-state index is 14.7. The Labute approximate surface area is 195 Å². The van der Waals surface area contributed by atoms with Gasteiger partial charge in [0, 0.05) is 34.1 Å². The van der Waals surface area contributed by atoms with Gasteiger partial charge in [0.05, 0.1) is 29.5 Å². The average Bonchev–Trinajstić information content (AvgIpc) is 3.41. The number of hydrogen-bond donors (Lipinski definition) is 0. The molecule has 0 radical (unpaired) electrons. The molecule has 5 rings (SSSR count). The Morgan fingerprint density at radius 3 is 2.73 bits per heavy atom. The Kier molecular flexibility index (Phi) is 5.64. The van der Waals surface area contributed by atoms with Crippen LogP contribution in [0.5, 0.6) is 0 Å². The number of rotatable bonds is 4. The first-order valence-electron chi connectivity index (χ1n) is 10.9. The first-order valence-corrected chi connectivity index (χ1v) is 11.7. The number of aryl methyl sites for hydroxylation is 1. The maximum Gasteiger partial charge on any atom is 0.158 e. The van der Waals surface area contributed by atoms with E-state index in [0.717, 1.165) is 47.6 Å². The Bertz CT molecular complexity index is 1380. The van der Waals surface area contributed by atoms with Gasteiger partial charge in [-0.25, -0.2) is 13.9 Å². The molecular weight excluding hydrogens is 437 g/mol. The molecule has 0 aromatic carbocycles. The van der Waals surface area contributed by atoms with E-state index in [2.05, 4.69) is 39.7 Å². The minimum absolute atomic E-state index is 0.276. The van der Waals surface area contributed by atoms with Gasteiger partial charge in [-0.15, -0.1) is 0 Å². The summed E-state index contributed by atoms with van der Waals surface area (Å²) in [5, 5.41) is 19.0. The van der Waals surface area contributed by atoms with Crippen molar-refractivity contribution in [1.29, 1.82) is 5.26 Å². The Balaban J connectivity index is 1.59. The third kappa shape index (κ3) is 3.90. The smallest absolute Gasteiger partial charge is 0.158 e. The van der Waals surface area contributed by atoms with Gasteiger partial charge in [0.1, 0.15) is 11.1 Å². The van der Waals surface area contributed by atoms with Crippen LogP contribution in [0.4, 0.5) is 4.39 Å². The van der Waals surface area contributed by atoms with Crippen molar-refractivity contribution in [3.8, 4) is 17.2 Å². The quantitative estimate of drug-likeness (QED) is 0.441. The van der Waals surface area contributed by atoms with Crippen molar-refractivity contribution in [3.05, 3.63) is 59.6 Å². The number of aromatic nitrogens is 5. The molecule has 0 saturated carbocycles. The van der Waals surface area contributed by atoms with E-state index in [0.29, 0.717) is 22.7 Å². The normalized spacial score (nSPS) is 15.2. The summed E-state index contributed by atoms with van der Waals surface area (Å²) < 4.78 is 18.6. The predicted octanol–water partition coefficient (Wildman–Crippen LogP) is 4.64. The van der Waals surface area contributed by atoms with E-state index in [9.17, 15) is 9.65 Å². The number of fused-ring (bicyclic) bond motifs is 1. The summed E-state index contributed by atoms with van der Waals surface area (Å²) in [4.78, 5) is 7.30. The summed E-state index contributed by atoms with van der Waals surface area (Å²) in [5.41, 5.74) is 4.63. The van der Waals surface area contributed by atoms with Crippen LogP contribution in [0, 0.1) is 31.0 Å². The summed E-state index contributed by atoms with van der Waals surface area (Å²) in [5.74, 6) is -0.352. The van der Waals surface area contributed by atoms with Crippen molar-refractivity contribution in [2.45, 2.75) is 42.7 Å². The summed E-state index contributed by atoms with van der Waals surface area (Å²) in [6.45, 7) is 5.92. The Morgan fingerprint density at radius 1 is 1.18 bits per heavy atom. The minimum atomic E-state index is -0.352. The molecule has 0 atom stereocenters. The lowest BCUT2D eigenvalue weighted by atomic mass is 10.0. The Hall–Kier alpha value is -3.22. The molecule has 1 saturated heterocycles. The second kappa shape index (κ2) is 8.61. The van der Waals surface area contributed by atoms with Gasteiger partial charge in [0.15, 0.2) is 5.82 Å². The number of pyridine rings is 2. The monoisotopic (exact) mass is 461 g/mol. The van der Waals surface area contributed by atoms with Crippen molar-refractivity contribution in [2.24, 2.45) is 0 Å². The average molecular weight is 462 g/mol. The van der Waals surface area contributed by atoms with Crippen LogP contribution in [-0.4, -0.2) is 49.4 Å². The molecule has 168 valence electrons. The van der Waals surface area contributed by atoms with E-state index in [-0.39, 0.29) is 10.8 Å². The molecule has 4 aromatic heterocycles. The lowest BCUT2D eigenvalue weighted by molar-refractivity contribution is 0.210. The number of piperidine rings is 1. The highest BCUT2D eigenvalue weighted by Gasteiger charge is 2.23. The first kappa shape index (κ1) is 21.6. The van der Waals surface area contributed by atoms with Crippen molar-refractivity contribution in [1.82, 2.24) is 29.3 Å². The van der Waals surface area contributed by atoms with E-state index < -0.39 is 0 Å². The van der Waals surface area contributed by atoms with Gasteiger partial charge < -0.3 is 4.90 Å². The zero-order valence-corrected chi connectivity index (χ0v) is 19.6. The first-order chi connectivity index (χ1) is 16.0. The minimum Gasteiger partial charge on any atom is -0.306 e. The number of nitriles is 1. The van der Waals surface area contributed by atoms with Crippen molar-refractivity contribution in [3.63, 3.8) is 0 Å². The second-order valence-corrected chi connectivity index (χ2v) is 9.56. The van der Waals surface area contributed by atoms with Crippen LogP contribution >= 0.6 is 11.8 Å². The molecule has 0 amide bonds. The molecule has 1 aliphatic rings. The zero-order chi connectivity index (χ0) is 23.1. The third-order valence-electron chi connectivity index (χ3n) is 6.34. The molecule has 33 heavy (non-hydrogen) atoms. The van der Waals surface area contributed by atoms with Gasteiger partial charge in [0.2, 0.25) is 0 Å². The van der Waals surface area contributed by atoms with E-state index >= 15 is 0 Å². The Morgan fingerprint density at radius 2 is 1.97 bits per heavy atom. The van der Waals surface area contributed by atoms with Gasteiger partial charge in [-0.05, 0) is 64.5 Å². The molecule has 5 heterocycles. The van der Waals surface area contributed by atoms with Crippen LogP contribution in [0.1, 0.15) is 35.7 Å². The molecule has 0 unspecified atom stereocenters. The SMILES string of the molecule is Cc1ccnc(Sc2cc(-c3cnn(C4CCN(C)CC4)c3C)cn3ncc(C#N)c23)c1F. The number of nitrogens with zero attached hydrogens (tertiary/aromatic N) is 7. The van der Waals surface area contributed by atoms with Gasteiger partial charge in [0.25, 0.3) is 0 Å². The van der Waals surface area contributed by atoms with Crippen LogP contribution < -0.4 is 0 Å². The van der Waals surface area contributed by atoms with Gasteiger partial charge in [-0.1, -0.05) is 11.8 Å². The fourth-order valence-electron chi connectivity index (χ4n) is 4.40. The highest BCUT2D eigenvalue weighted by molar-refractivity contribution is 7.99. The van der Waals surface area contributed by atoms with Crippen molar-refractivity contribution >= 4 is 17.3 Å². The van der Waals surface area contributed by atoms with E-state index in [1.54, 1.807) is 23.7 Å². The van der Waals surface area contributed by atoms with Gasteiger partial charge >= 0.3 is 0 Å². The summed E-state index contributed by atoms with van der Waals surface area (Å²) in [6.07, 6.45) is 9.08. The van der Waals surface area contributed by atoms with E-state index in [1.165, 1.54) is 18.0 Å². The van der Waals surface area contributed by atoms with E-state index in [1.807, 2.05) is 18.5 Å². The summed E-state index contributed by atoms with van der Waals surface area (Å²) in [7, 11) is 2.15. The molecular formula is C24H24FN7S. The number of hydrogen-bond acceptors (Lipinski definition) is 6. The molecule has 4 aromatic rings. The van der Waals surface area contributed by atoms with Crippen LogP contribution in [0.25, 0.3) is 16.6 Å². The van der Waals surface area contributed by atoms with Gasteiger partial charge in [-0.2, -0.15) is 15.5 Å². The lowest BCUT2D eigenvalue weighted by Gasteiger charge is -2.29. The molecule has 0 bridgehead atoms. The standard InChI is InChI=1S/C24H24FN7S/c1-15-4-7-27-24(22(15)25)33-21-10-17(14-31-23(21)18(11-26)12-28-31)20-13-29-32(16(20)2)19-5-8-30(3)9-6-19/h4,7,10,12-14,19H,5-6,8-9H2,1-3H3. The second-order valence-electron chi connectivity index (χ2n) is 8.53. The van der Waals surface area contributed by atoms with Crippen LogP contribution in [0.15, 0.2) is 46.8 Å². The fourth-order valence-corrected chi connectivity index (χ4v) is 5.45. The van der Waals surface area contributed by atoms with Crippen LogP contribution in [-0.2, 0) is 0 Å². The van der Waals surface area contributed by atoms with Crippen LogP contribution in [0.3, 0.4) is 0 Å². The van der Waals surface area contributed by atoms with Crippen molar-refractivity contribution < 1.29 is 4.39 Å². The third-order valence-corrected chi connectivity index (χ3v) is 7.35. The number of halogens is 1. The number of likely N-dealkylation sites (tertiary alicyclic amines) is 1. The van der Waals surface area contributed by atoms with Crippen LogP contribution in [0.2, 0.25) is 0 Å². The topological polar surface area (TPSA) is 75.0 Å². The summed E-state index contributed by atoms with van der Waals surface area (Å²) >= 11 is 1.21. The lowest BCUT2D eigenvalue weighted by Crippen LogP contribution is -2.32. The van der Waals surface area contributed by atoms with Crippen molar-refractivity contribution in [2.75, 3.05) is 20.1 Å². The fraction of sp³-hybridized carbons (Fsp3) is 0.333. The van der Waals surface area contributed by atoms with E-state index in [4.69, 9.17) is 5.10 Å². The summed E-state index contributed by atoms with van der Waals surface area (Å²) in [6, 6.07) is 6.20. The molecule has 1 aliphatic heterocycles. The molecule has 0 aliphatic carbocycles. The molecule has 7 nitrogen and oxygen atoms in total. The zero-order valence-electron chi connectivity index (χ0n) is 18.8. The largest absolute Gasteiger partial charge is 0.306 e. The molecule has 1 fully saturated rings. The molecule has 0 spiro atoms. The molecule has 9 heteroatoms. The highest BCUT2D eigenvalue weighted by atomic mass is 32.2. The van der Waals surface area contributed by atoms with Gasteiger partial charge in [-0.3, -0.25) is 4.68 Å². The molecule has 0 N–H and O–H groups in total.